The van der Waals surface area contributed by atoms with Gasteiger partial charge < -0.3 is 25.2 Å². The summed E-state index contributed by atoms with van der Waals surface area (Å²) in [5.41, 5.74) is 4.70. The quantitative estimate of drug-likeness (QED) is 0.479. The molecule has 3 unspecified atom stereocenters. The Morgan fingerprint density at radius 3 is 2.37 bits per heavy atom. The van der Waals surface area contributed by atoms with E-state index in [9.17, 15) is 14.4 Å². The summed E-state index contributed by atoms with van der Waals surface area (Å²) in [7, 11) is 0. The molecular weight excluding hydrogens is 448 g/mol. The molecule has 1 fully saturated rings. The van der Waals surface area contributed by atoms with E-state index in [4.69, 9.17) is 14.6 Å². The summed E-state index contributed by atoms with van der Waals surface area (Å²) in [6.45, 7) is 3.32. The van der Waals surface area contributed by atoms with E-state index in [2.05, 4.69) is 34.9 Å². The van der Waals surface area contributed by atoms with Crippen molar-refractivity contribution < 1.29 is 29.0 Å². The minimum Gasteiger partial charge on any atom is -0.479 e. The van der Waals surface area contributed by atoms with Crippen LogP contribution in [0, 0.1) is 11.8 Å². The molecule has 1 heterocycles. The minimum absolute atomic E-state index is 0.0141. The average molecular weight is 481 g/mol. The van der Waals surface area contributed by atoms with Crippen LogP contribution in [0.3, 0.4) is 0 Å². The molecule has 1 aliphatic carbocycles. The number of carbonyl (C=O) groups is 3. The van der Waals surface area contributed by atoms with Crippen molar-refractivity contribution in [3.63, 3.8) is 0 Å². The highest BCUT2D eigenvalue weighted by Crippen LogP contribution is 2.44. The molecule has 2 aromatic carbocycles. The van der Waals surface area contributed by atoms with Crippen molar-refractivity contribution >= 4 is 18.0 Å². The summed E-state index contributed by atoms with van der Waals surface area (Å²) in [4.78, 5) is 35.6. The van der Waals surface area contributed by atoms with Crippen LogP contribution < -0.4 is 10.6 Å². The first kappa shape index (κ1) is 24.7. The van der Waals surface area contributed by atoms with E-state index in [-0.39, 0.29) is 30.3 Å². The summed E-state index contributed by atoms with van der Waals surface area (Å²) < 4.78 is 10.7. The molecule has 186 valence electrons. The van der Waals surface area contributed by atoms with E-state index in [1.165, 1.54) is 22.3 Å². The van der Waals surface area contributed by atoms with Gasteiger partial charge in [0.15, 0.2) is 6.10 Å². The first-order valence-corrected chi connectivity index (χ1v) is 12.1. The Bertz CT molecular complexity index is 1030. The third-order valence-corrected chi connectivity index (χ3v) is 6.82. The van der Waals surface area contributed by atoms with Crippen molar-refractivity contribution in [3.8, 4) is 11.1 Å². The molecule has 0 saturated carbocycles. The van der Waals surface area contributed by atoms with E-state index < -0.39 is 18.2 Å². The van der Waals surface area contributed by atoms with E-state index in [0.29, 0.717) is 39.0 Å². The lowest BCUT2D eigenvalue weighted by molar-refractivity contribution is -0.149. The highest BCUT2D eigenvalue weighted by Gasteiger charge is 2.34. The summed E-state index contributed by atoms with van der Waals surface area (Å²) in [5.74, 6) is -1.23. The second-order valence-corrected chi connectivity index (χ2v) is 9.33. The number of nitrogens with one attached hydrogen (secondary N) is 2. The number of benzene rings is 2. The van der Waals surface area contributed by atoms with Gasteiger partial charge >= 0.3 is 12.1 Å². The molecule has 2 amide bonds. The summed E-state index contributed by atoms with van der Waals surface area (Å²) in [6.07, 6.45) is 0.204. The lowest BCUT2D eigenvalue weighted by Gasteiger charge is -2.17. The maximum Gasteiger partial charge on any atom is 0.407 e. The number of rotatable bonds is 10. The Morgan fingerprint density at radius 1 is 1.06 bits per heavy atom. The fraction of sp³-hybridized carbons (Fsp3) is 0.444. The molecule has 8 heteroatoms. The molecule has 0 radical (unpaired) electrons. The van der Waals surface area contributed by atoms with Gasteiger partial charge in [0.25, 0.3) is 0 Å². The van der Waals surface area contributed by atoms with Crippen LogP contribution in [0.2, 0.25) is 0 Å². The molecule has 0 bridgehead atoms. The van der Waals surface area contributed by atoms with Gasteiger partial charge in [0, 0.05) is 38.0 Å². The lowest BCUT2D eigenvalue weighted by atomic mass is 9.98. The molecule has 1 aliphatic heterocycles. The number of carboxylic acids is 1. The highest BCUT2D eigenvalue weighted by atomic mass is 16.5. The van der Waals surface area contributed by atoms with E-state index >= 15 is 0 Å². The topological polar surface area (TPSA) is 114 Å². The van der Waals surface area contributed by atoms with Crippen LogP contribution in [0.15, 0.2) is 48.5 Å². The molecule has 3 N–H and O–H groups in total. The van der Waals surface area contributed by atoms with Gasteiger partial charge in [-0.15, -0.1) is 0 Å². The summed E-state index contributed by atoms with van der Waals surface area (Å²) in [6, 6.07) is 16.4. The standard InChI is InChI=1S/C27H32N2O6/c1-17(10-11-24(30)28-15-18-12-13-34-25(18)26(31)32)14-29-27(33)35-16-23-21-8-4-2-6-19(21)20-7-3-5-9-22(20)23/h2-9,17-18,23,25H,10-16H2,1H3,(H,28,30)(H,29,33)(H,31,32). The van der Waals surface area contributed by atoms with Crippen LogP contribution in [0.1, 0.15) is 43.2 Å². The van der Waals surface area contributed by atoms with Crippen LogP contribution in [-0.2, 0) is 19.1 Å². The van der Waals surface area contributed by atoms with Crippen LogP contribution >= 0.6 is 0 Å². The fourth-order valence-corrected chi connectivity index (χ4v) is 4.84. The Hall–Kier alpha value is -3.39. The Labute approximate surface area is 205 Å². The number of carboxylic acid groups (broad SMARTS) is 1. The zero-order chi connectivity index (χ0) is 24.8. The highest BCUT2D eigenvalue weighted by molar-refractivity contribution is 5.79. The van der Waals surface area contributed by atoms with Crippen LogP contribution in [0.4, 0.5) is 4.79 Å². The third kappa shape index (κ3) is 6.00. The Kier molecular flexibility index (Phi) is 8.02. The van der Waals surface area contributed by atoms with Gasteiger partial charge in [0.1, 0.15) is 6.61 Å². The molecule has 0 aromatic heterocycles. The van der Waals surface area contributed by atoms with E-state index in [0.717, 1.165) is 0 Å². The minimum atomic E-state index is -0.991. The smallest absolute Gasteiger partial charge is 0.407 e. The van der Waals surface area contributed by atoms with Crippen molar-refractivity contribution in [2.75, 3.05) is 26.3 Å². The van der Waals surface area contributed by atoms with Crippen LogP contribution in [-0.4, -0.2) is 55.5 Å². The SMILES string of the molecule is CC(CCC(=O)NCC1CCOC1C(=O)O)CNC(=O)OCC1c2ccccc2-c2ccccc21. The number of carbonyl (C=O) groups excluding carboxylic acids is 2. The van der Waals surface area contributed by atoms with Crippen molar-refractivity contribution in [1.82, 2.24) is 10.6 Å². The molecule has 0 spiro atoms. The zero-order valence-electron chi connectivity index (χ0n) is 19.9. The predicted molar refractivity (Wildman–Crippen MR) is 130 cm³/mol. The van der Waals surface area contributed by atoms with Gasteiger partial charge in [-0.05, 0) is 41.0 Å². The van der Waals surface area contributed by atoms with Gasteiger partial charge in [-0.2, -0.15) is 0 Å². The van der Waals surface area contributed by atoms with Gasteiger partial charge in [-0.25, -0.2) is 9.59 Å². The number of hydrogen-bond donors (Lipinski definition) is 3. The first-order chi connectivity index (χ1) is 16.9. The average Bonchev–Trinajstić information content (AvgIpc) is 3.46. The molecular formula is C27H32N2O6. The number of ether oxygens (including phenoxy) is 2. The zero-order valence-corrected chi connectivity index (χ0v) is 19.9. The largest absolute Gasteiger partial charge is 0.479 e. The van der Waals surface area contributed by atoms with Crippen LogP contribution in [0.5, 0.6) is 0 Å². The first-order valence-electron chi connectivity index (χ1n) is 12.1. The number of amides is 2. The maximum absolute atomic E-state index is 12.3. The second-order valence-electron chi connectivity index (χ2n) is 9.33. The maximum atomic E-state index is 12.3. The number of fused-ring (bicyclic) bond motifs is 3. The normalized spacial score (nSPS) is 19.5. The molecule has 3 atom stereocenters. The summed E-state index contributed by atoms with van der Waals surface area (Å²) >= 11 is 0. The molecule has 8 nitrogen and oxygen atoms in total. The third-order valence-electron chi connectivity index (χ3n) is 6.82. The van der Waals surface area contributed by atoms with Gasteiger partial charge in [0.2, 0.25) is 5.91 Å². The molecule has 4 rings (SSSR count). The van der Waals surface area contributed by atoms with Crippen LogP contribution in [0.25, 0.3) is 11.1 Å². The van der Waals surface area contributed by atoms with Gasteiger partial charge in [0.05, 0.1) is 0 Å². The van der Waals surface area contributed by atoms with E-state index in [1.807, 2.05) is 31.2 Å². The van der Waals surface area contributed by atoms with Crippen molar-refractivity contribution in [2.24, 2.45) is 11.8 Å². The van der Waals surface area contributed by atoms with Crippen molar-refractivity contribution in [3.05, 3.63) is 59.7 Å². The molecule has 2 aliphatic rings. The molecule has 1 saturated heterocycles. The monoisotopic (exact) mass is 480 g/mol. The second kappa shape index (κ2) is 11.4. The Morgan fingerprint density at radius 2 is 1.71 bits per heavy atom. The van der Waals surface area contributed by atoms with E-state index in [1.54, 1.807) is 0 Å². The number of aliphatic carboxylic acids is 1. The predicted octanol–water partition coefficient (Wildman–Crippen LogP) is 3.55. The number of hydrogen-bond acceptors (Lipinski definition) is 5. The van der Waals surface area contributed by atoms with Crippen molar-refractivity contribution in [2.45, 2.75) is 38.2 Å². The fourth-order valence-electron chi connectivity index (χ4n) is 4.84. The van der Waals surface area contributed by atoms with Gasteiger partial charge in [-0.1, -0.05) is 55.5 Å². The lowest BCUT2D eigenvalue weighted by Crippen LogP contribution is -2.36. The molecule has 35 heavy (non-hydrogen) atoms. The van der Waals surface area contributed by atoms with Gasteiger partial charge in [-0.3, -0.25) is 4.79 Å². The molecule has 2 aromatic rings. The Balaban J connectivity index is 1.16. The number of alkyl carbamates (subject to hydrolysis) is 1. The summed E-state index contributed by atoms with van der Waals surface area (Å²) in [5, 5.41) is 14.7. The van der Waals surface area contributed by atoms with Crippen molar-refractivity contribution in [1.29, 1.82) is 0 Å².